The van der Waals surface area contributed by atoms with Gasteiger partial charge in [0.25, 0.3) is 0 Å². The largest absolute Gasteiger partial charge is 0.383 e. The number of anilines is 1. The molecule has 1 aliphatic rings. The number of pyridine rings is 1. The fourth-order valence-corrected chi connectivity index (χ4v) is 4.83. The average Bonchev–Trinajstić information content (AvgIpc) is 3.59. The second-order valence-electron chi connectivity index (χ2n) is 8.79. The van der Waals surface area contributed by atoms with Gasteiger partial charge in [-0.1, -0.05) is 12.5 Å². The molecular weight excluding hydrogens is 480 g/mol. The summed E-state index contributed by atoms with van der Waals surface area (Å²) in [6, 6.07) is 2.56. The first-order chi connectivity index (χ1) is 17.9. The molecule has 2 atom stereocenters. The number of carbonyl (C=O) groups excluding carboxylic acids is 1. The first-order valence-electron chi connectivity index (χ1n) is 11.8. The van der Waals surface area contributed by atoms with Crippen LogP contribution in [0.15, 0.2) is 37.2 Å². The third-order valence-electron chi connectivity index (χ3n) is 6.58. The van der Waals surface area contributed by atoms with Crippen LogP contribution in [-0.2, 0) is 16.1 Å². The highest BCUT2D eigenvalue weighted by atomic mass is 19.1. The molecule has 1 aromatic carbocycles. The number of amides is 1. The van der Waals surface area contributed by atoms with Crippen LogP contribution >= 0.6 is 0 Å². The van der Waals surface area contributed by atoms with E-state index < -0.39 is 11.6 Å². The van der Waals surface area contributed by atoms with Gasteiger partial charge in [-0.15, -0.1) is 0 Å². The molecule has 3 aromatic heterocycles. The summed E-state index contributed by atoms with van der Waals surface area (Å²) in [5.74, 6) is 3.81. The molecule has 0 aliphatic carbocycles. The van der Waals surface area contributed by atoms with E-state index in [2.05, 4.69) is 33.6 Å². The maximum Gasteiger partial charge on any atom is 0.246 e. The van der Waals surface area contributed by atoms with Crippen LogP contribution < -0.4 is 5.73 Å². The zero-order valence-corrected chi connectivity index (χ0v) is 20.4. The summed E-state index contributed by atoms with van der Waals surface area (Å²) < 4.78 is 38.6. The Morgan fingerprint density at radius 2 is 2.16 bits per heavy atom. The molecular formula is C26H25F2N7O2. The molecule has 9 nitrogen and oxygen atoms in total. The van der Waals surface area contributed by atoms with Crippen molar-refractivity contribution in [3.05, 3.63) is 60.1 Å². The lowest BCUT2D eigenvalue weighted by Gasteiger charge is -2.22. The Balaban J connectivity index is 1.59. The fourth-order valence-electron chi connectivity index (χ4n) is 4.83. The van der Waals surface area contributed by atoms with Gasteiger partial charge in [-0.2, -0.15) is 10.2 Å². The lowest BCUT2D eigenvalue weighted by molar-refractivity contribution is -0.127. The minimum Gasteiger partial charge on any atom is -0.383 e. The first kappa shape index (κ1) is 24.4. The number of hydrogen-bond donors (Lipinski definition) is 1. The van der Waals surface area contributed by atoms with Crippen molar-refractivity contribution >= 4 is 33.5 Å². The summed E-state index contributed by atoms with van der Waals surface area (Å²) in [5, 5.41) is 9.48. The van der Waals surface area contributed by atoms with Gasteiger partial charge >= 0.3 is 0 Å². The number of methoxy groups -OCH3 is 1. The van der Waals surface area contributed by atoms with Gasteiger partial charge in [0.05, 0.1) is 46.1 Å². The van der Waals surface area contributed by atoms with Gasteiger partial charge in [0.1, 0.15) is 17.3 Å². The van der Waals surface area contributed by atoms with E-state index in [-0.39, 0.29) is 46.0 Å². The molecule has 1 fully saturated rings. The highest BCUT2D eigenvalue weighted by molar-refractivity contribution is 5.93. The highest BCUT2D eigenvalue weighted by Gasteiger charge is 2.36. The van der Waals surface area contributed by atoms with E-state index in [0.29, 0.717) is 37.0 Å². The quantitative estimate of drug-likeness (QED) is 0.330. The van der Waals surface area contributed by atoms with Crippen molar-refractivity contribution in [3.63, 3.8) is 0 Å². The topological polar surface area (TPSA) is 104 Å². The molecule has 0 spiro atoms. The van der Waals surface area contributed by atoms with Crippen molar-refractivity contribution < 1.29 is 18.3 Å². The number of aryl methyl sites for hydroxylation is 1. The Labute approximate surface area is 211 Å². The van der Waals surface area contributed by atoms with Crippen LogP contribution in [0.25, 0.3) is 21.8 Å². The normalized spacial score (nSPS) is 17.4. The number of nitrogen functional groups attached to an aromatic ring is 1. The van der Waals surface area contributed by atoms with Crippen LogP contribution in [0, 0.1) is 23.5 Å². The van der Waals surface area contributed by atoms with E-state index in [1.165, 1.54) is 23.0 Å². The predicted octanol–water partition coefficient (Wildman–Crippen LogP) is 3.04. The van der Waals surface area contributed by atoms with Gasteiger partial charge in [-0.3, -0.25) is 14.2 Å². The monoisotopic (exact) mass is 505 g/mol. The number of fused-ring (bicyclic) bond motifs is 2. The Morgan fingerprint density at radius 3 is 2.89 bits per heavy atom. The smallest absolute Gasteiger partial charge is 0.246 e. The number of halogens is 2. The summed E-state index contributed by atoms with van der Waals surface area (Å²) in [6.07, 6.45) is 4.93. The van der Waals surface area contributed by atoms with Crippen LogP contribution in [0.2, 0.25) is 0 Å². The van der Waals surface area contributed by atoms with Gasteiger partial charge in [-0.05, 0) is 31.4 Å². The zero-order valence-electron chi connectivity index (χ0n) is 20.4. The standard InChI is InChI=1S/C26H25F2N7O2/c1-4-23(36)34-12-15(10-16(34)14-37-3)35-22-8-9-30-26(29)24(22)20(32-35)7-6-17-19(27)11-21-18(25(17)28)13-33(5-2)31-21/h4,8-9,11,13,15-16H,1,5,10,12,14H2,2-3H3,(H2,29,30)/t15?,16-/m1/s1. The number of carbonyl (C=O) groups is 1. The summed E-state index contributed by atoms with van der Waals surface area (Å²) in [7, 11) is 1.58. The molecule has 11 heteroatoms. The maximum absolute atomic E-state index is 15.2. The van der Waals surface area contributed by atoms with E-state index in [4.69, 9.17) is 10.5 Å². The van der Waals surface area contributed by atoms with Crippen molar-refractivity contribution in [2.45, 2.75) is 32.0 Å². The number of nitrogens with two attached hydrogens (primary N) is 1. The zero-order chi connectivity index (χ0) is 26.3. The maximum atomic E-state index is 15.2. The Hall–Kier alpha value is -4.30. The first-order valence-corrected chi connectivity index (χ1v) is 11.8. The van der Waals surface area contributed by atoms with Gasteiger partial charge in [0.15, 0.2) is 5.82 Å². The van der Waals surface area contributed by atoms with Crippen molar-refractivity contribution in [1.82, 2.24) is 29.4 Å². The third kappa shape index (κ3) is 4.19. The van der Waals surface area contributed by atoms with Gasteiger partial charge < -0.3 is 15.4 Å². The molecule has 4 aromatic rings. The van der Waals surface area contributed by atoms with Crippen LogP contribution in [-0.4, -0.2) is 61.7 Å². The van der Waals surface area contributed by atoms with Crippen molar-refractivity contribution in [2.24, 2.45) is 0 Å². The molecule has 0 radical (unpaired) electrons. The molecule has 190 valence electrons. The summed E-state index contributed by atoms with van der Waals surface area (Å²) in [6.45, 7) is 6.71. The fraction of sp³-hybridized carbons (Fsp3) is 0.308. The second kappa shape index (κ2) is 9.63. The Kier molecular flexibility index (Phi) is 6.35. The van der Waals surface area contributed by atoms with E-state index in [0.717, 1.165) is 0 Å². The number of benzene rings is 1. The molecule has 4 heterocycles. The van der Waals surface area contributed by atoms with E-state index in [1.54, 1.807) is 29.0 Å². The summed E-state index contributed by atoms with van der Waals surface area (Å²) >= 11 is 0. The lowest BCUT2D eigenvalue weighted by Crippen LogP contribution is -2.37. The van der Waals surface area contributed by atoms with E-state index in [9.17, 15) is 9.18 Å². The van der Waals surface area contributed by atoms with Crippen LogP contribution in [0.1, 0.15) is 30.6 Å². The van der Waals surface area contributed by atoms with E-state index in [1.807, 2.05) is 6.92 Å². The van der Waals surface area contributed by atoms with E-state index >= 15 is 4.39 Å². The minimum atomic E-state index is -0.814. The SMILES string of the molecule is C=CC(=O)N1CC(n2nc(C#Cc3c(F)cc4nn(CC)cc4c3F)c3c(N)nccc32)C[C@@H]1COC. The van der Waals surface area contributed by atoms with Crippen LogP contribution in [0.5, 0.6) is 0 Å². The molecule has 1 saturated heterocycles. The third-order valence-corrected chi connectivity index (χ3v) is 6.58. The average molecular weight is 506 g/mol. The number of aromatic nitrogens is 5. The van der Waals surface area contributed by atoms with Gasteiger partial charge in [0, 0.05) is 38.7 Å². The van der Waals surface area contributed by atoms with Crippen molar-refractivity contribution in [3.8, 4) is 11.8 Å². The molecule has 1 amide bonds. The van der Waals surface area contributed by atoms with Crippen molar-refractivity contribution in [2.75, 3.05) is 26.0 Å². The Morgan fingerprint density at radius 1 is 1.35 bits per heavy atom. The highest BCUT2D eigenvalue weighted by Crippen LogP contribution is 2.33. The summed E-state index contributed by atoms with van der Waals surface area (Å²) in [4.78, 5) is 18.3. The number of hydrogen-bond acceptors (Lipinski definition) is 6. The van der Waals surface area contributed by atoms with Crippen LogP contribution in [0.3, 0.4) is 0 Å². The molecule has 2 N–H and O–H groups in total. The molecule has 1 unspecified atom stereocenters. The van der Waals surface area contributed by atoms with Gasteiger partial charge in [-0.25, -0.2) is 13.8 Å². The van der Waals surface area contributed by atoms with Crippen molar-refractivity contribution in [1.29, 1.82) is 0 Å². The second-order valence-corrected chi connectivity index (χ2v) is 8.79. The summed E-state index contributed by atoms with van der Waals surface area (Å²) in [5.41, 5.74) is 6.91. The molecule has 0 saturated carbocycles. The number of rotatable bonds is 5. The van der Waals surface area contributed by atoms with Gasteiger partial charge in [0.2, 0.25) is 5.91 Å². The lowest BCUT2D eigenvalue weighted by atomic mass is 10.1. The Bertz CT molecular complexity index is 1600. The number of ether oxygens (including phenoxy) is 1. The number of likely N-dealkylation sites (tertiary alicyclic amines) is 1. The molecule has 5 rings (SSSR count). The molecule has 0 bridgehead atoms. The molecule has 37 heavy (non-hydrogen) atoms. The molecule has 1 aliphatic heterocycles. The predicted molar refractivity (Wildman–Crippen MR) is 134 cm³/mol. The number of nitrogens with zero attached hydrogens (tertiary/aromatic N) is 6. The van der Waals surface area contributed by atoms with Crippen LogP contribution in [0.4, 0.5) is 14.6 Å². The minimum absolute atomic E-state index is 0.160.